The lowest BCUT2D eigenvalue weighted by Gasteiger charge is -2.38. The van der Waals surface area contributed by atoms with Gasteiger partial charge in [-0.1, -0.05) is 97.0 Å². The summed E-state index contributed by atoms with van der Waals surface area (Å²) in [6.07, 6.45) is 10.4. The Labute approximate surface area is 338 Å². The number of benzene rings is 1. The number of anilines is 1. The van der Waals surface area contributed by atoms with Crippen molar-refractivity contribution in [3.8, 4) is 0 Å². The third kappa shape index (κ3) is 14.9. The first-order valence-corrected chi connectivity index (χ1v) is 23.7. The zero-order chi connectivity index (χ0) is 41.3. The van der Waals surface area contributed by atoms with Crippen LogP contribution in [0.4, 0.5) is 10.5 Å². The SMILES string of the molecule is CCOCCOC1(C)CCC(O[Si](CC)(CC)CC)CC(=O)OC(/C(C)=C/C=C/C(C)CC2OC2C(C)C(CC)OC(=O)Nc2ccccc2)C(C)/C=C/C1O. The second-order valence-corrected chi connectivity index (χ2v) is 20.8. The zero-order valence-electron chi connectivity index (χ0n) is 36.0. The van der Waals surface area contributed by atoms with Gasteiger partial charge in [0.2, 0.25) is 0 Å². The minimum absolute atomic E-state index is 0.0285. The number of cyclic esters (lactones) is 1. The van der Waals surface area contributed by atoms with Crippen LogP contribution in [0.2, 0.25) is 18.1 Å². The second-order valence-electron chi connectivity index (χ2n) is 16.0. The zero-order valence-corrected chi connectivity index (χ0v) is 37.0. The van der Waals surface area contributed by atoms with Crippen molar-refractivity contribution < 1.29 is 42.8 Å². The lowest BCUT2D eigenvalue weighted by atomic mass is 9.88. The third-order valence-electron chi connectivity index (χ3n) is 11.8. The van der Waals surface area contributed by atoms with Gasteiger partial charge in [0.15, 0.2) is 8.32 Å². The summed E-state index contributed by atoms with van der Waals surface area (Å²) in [6.45, 7) is 22.1. The quantitative estimate of drug-likeness (QED) is 0.0331. The van der Waals surface area contributed by atoms with E-state index in [9.17, 15) is 14.7 Å². The highest BCUT2D eigenvalue weighted by molar-refractivity contribution is 6.73. The molecule has 3 rings (SSSR count). The number of esters is 1. The molecule has 1 aromatic carbocycles. The van der Waals surface area contributed by atoms with Crippen LogP contribution in [0.1, 0.15) is 101 Å². The molecule has 1 saturated heterocycles. The van der Waals surface area contributed by atoms with Crippen LogP contribution in [-0.2, 0) is 32.9 Å². The Morgan fingerprint density at radius 3 is 2.41 bits per heavy atom. The highest BCUT2D eigenvalue weighted by atomic mass is 28.4. The van der Waals surface area contributed by atoms with Crippen molar-refractivity contribution in [3.05, 3.63) is 66.3 Å². The van der Waals surface area contributed by atoms with Gasteiger partial charge in [0.05, 0.1) is 43.5 Å². The number of aliphatic hydroxyl groups is 1. The third-order valence-corrected chi connectivity index (χ3v) is 16.5. The Morgan fingerprint density at radius 1 is 1.07 bits per heavy atom. The van der Waals surface area contributed by atoms with Crippen LogP contribution < -0.4 is 5.32 Å². The number of hydrogen-bond acceptors (Lipinski definition) is 9. The topological polar surface area (TPSA) is 125 Å². The minimum Gasteiger partial charge on any atom is -0.457 e. The van der Waals surface area contributed by atoms with Crippen molar-refractivity contribution in [1.29, 1.82) is 0 Å². The fraction of sp³-hybridized carbons (Fsp3) is 0.689. The van der Waals surface area contributed by atoms with Crippen LogP contribution in [-0.4, -0.2) is 87.5 Å². The summed E-state index contributed by atoms with van der Waals surface area (Å²) in [6, 6.07) is 12.2. The molecule has 2 aliphatic heterocycles. The Bertz CT molecular complexity index is 1410. The largest absolute Gasteiger partial charge is 0.457 e. The second kappa shape index (κ2) is 23.6. The van der Waals surface area contributed by atoms with Crippen molar-refractivity contribution in [2.24, 2.45) is 17.8 Å². The summed E-state index contributed by atoms with van der Waals surface area (Å²) in [4.78, 5) is 26.3. The van der Waals surface area contributed by atoms with E-state index in [0.717, 1.165) is 30.1 Å². The van der Waals surface area contributed by atoms with Crippen molar-refractivity contribution >= 4 is 26.1 Å². The molecule has 10 unspecified atom stereocenters. The molecule has 1 fully saturated rings. The van der Waals surface area contributed by atoms with Gasteiger partial charge in [0.25, 0.3) is 0 Å². The number of epoxide rings is 1. The molecule has 0 spiro atoms. The molecule has 10 nitrogen and oxygen atoms in total. The number of nitrogens with one attached hydrogen (secondary N) is 1. The van der Waals surface area contributed by atoms with E-state index < -0.39 is 32.2 Å². The number of hydrogen-bond donors (Lipinski definition) is 2. The molecule has 1 amide bonds. The van der Waals surface area contributed by atoms with Crippen molar-refractivity contribution in [2.45, 2.75) is 162 Å². The smallest absolute Gasteiger partial charge is 0.411 e. The van der Waals surface area contributed by atoms with E-state index in [1.165, 1.54) is 0 Å². The molecule has 2 aliphatic rings. The Kier molecular flexibility index (Phi) is 20.0. The van der Waals surface area contributed by atoms with Crippen LogP contribution >= 0.6 is 0 Å². The Morgan fingerprint density at radius 2 is 1.77 bits per heavy atom. The number of ether oxygens (including phenoxy) is 5. The lowest BCUT2D eigenvalue weighted by Crippen LogP contribution is -2.45. The molecular formula is C45H73NO9Si. The molecule has 10 atom stereocenters. The average Bonchev–Trinajstić information content (AvgIpc) is 3.96. The van der Waals surface area contributed by atoms with Gasteiger partial charge in [-0.2, -0.15) is 0 Å². The number of amides is 1. The predicted octanol–water partition coefficient (Wildman–Crippen LogP) is 9.80. The summed E-state index contributed by atoms with van der Waals surface area (Å²) < 4.78 is 36.9. The highest BCUT2D eigenvalue weighted by Crippen LogP contribution is 2.38. The molecule has 56 heavy (non-hydrogen) atoms. The van der Waals surface area contributed by atoms with Crippen LogP contribution in [0, 0.1) is 17.8 Å². The first-order chi connectivity index (χ1) is 26.7. The molecule has 0 radical (unpaired) electrons. The first-order valence-electron chi connectivity index (χ1n) is 21.2. The van der Waals surface area contributed by atoms with Gasteiger partial charge in [-0.15, -0.1) is 0 Å². The number of carbonyl (C=O) groups is 2. The van der Waals surface area contributed by atoms with Gasteiger partial charge in [0.1, 0.15) is 18.3 Å². The highest BCUT2D eigenvalue weighted by Gasteiger charge is 2.46. The van der Waals surface area contributed by atoms with E-state index in [4.69, 9.17) is 28.1 Å². The maximum Gasteiger partial charge on any atom is 0.411 e. The molecule has 2 N–H and O–H groups in total. The Balaban J connectivity index is 1.69. The van der Waals surface area contributed by atoms with Crippen LogP contribution in [0.5, 0.6) is 0 Å². The number of para-hydroxylation sites is 1. The monoisotopic (exact) mass is 800 g/mol. The summed E-state index contributed by atoms with van der Waals surface area (Å²) in [5.41, 5.74) is 0.725. The van der Waals surface area contributed by atoms with E-state index in [-0.39, 0.29) is 54.6 Å². The van der Waals surface area contributed by atoms with E-state index >= 15 is 0 Å². The molecule has 2 heterocycles. The fourth-order valence-electron chi connectivity index (χ4n) is 7.69. The standard InChI is InChI=1S/C45H73NO9Si/c1-11-38(53-44(49)46-36-22-17-16-18-23-36)35(9)43-39(52-43)30-32(6)20-19-21-33(7)42-34(8)24-25-40(47)45(10,51-29-28-50-12-2)27-26-37(31-41(48)54-42)55-56(13-3,14-4)15-5/h16-25,32,34-35,37-40,42-43,47H,11-15,26-31H2,1-10H3,(H,46,49)/b20-19+,25-24+,33-21+. The van der Waals surface area contributed by atoms with Gasteiger partial charge in [-0.05, 0) is 88.2 Å². The number of allylic oxidation sites excluding steroid dienone is 3. The molecule has 1 aromatic rings. The molecule has 316 valence electrons. The van der Waals surface area contributed by atoms with Gasteiger partial charge in [0, 0.05) is 24.1 Å². The normalized spacial score (nSPS) is 28.7. The molecule has 0 bridgehead atoms. The lowest BCUT2D eigenvalue weighted by molar-refractivity contribution is -0.151. The summed E-state index contributed by atoms with van der Waals surface area (Å²) in [5.74, 6) is -0.200. The Hall–Kier alpha value is -2.80. The summed E-state index contributed by atoms with van der Waals surface area (Å²) >= 11 is 0. The molecular weight excluding hydrogens is 727 g/mol. The van der Waals surface area contributed by atoms with E-state index in [1.54, 1.807) is 6.08 Å². The van der Waals surface area contributed by atoms with Gasteiger partial charge in [-0.3, -0.25) is 10.1 Å². The maximum atomic E-state index is 13.7. The van der Waals surface area contributed by atoms with Crippen molar-refractivity contribution in [1.82, 2.24) is 0 Å². The van der Waals surface area contributed by atoms with E-state index in [0.29, 0.717) is 44.8 Å². The van der Waals surface area contributed by atoms with Crippen LogP contribution in [0.15, 0.2) is 66.3 Å². The van der Waals surface area contributed by atoms with Gasteiger partial charge < -0.3 is 33.2 Å². The van der Waals surface area contributed by atoms with E-state index in [1.807, 2.05) is 83.2 Å². The van der Waals surface area contributed by atoms with Crippen LogP contribution in [0.25, 0.3) is 0 Å². The number of rotatable bonds is 20. The molecule has 0 aliphatic carbocycles. The van der Waals surface area contributed by atoms with E-state index in [2.05, 4.69) is 46.0 Å². The van der Waals surface area contributed by atoms with Crippen molar-refractivity contribution in [3.63, 3.8) is 0 Å². The van der Waals surface area contributed by atoms with Crippen molar-refractivity contribution in [2.75, 3.05) is 25.1 Å². The summed E-state index contributed by atoms with van der Waals surface area (Å²) in [7, 11) is -2.05. The average molecular weight is 800 g/mol. The maximum absolute atomic E-state index is 13.7. The molecule has 0 aromatic heterocycles. The van der Waals surface area contributed by atoms with Gasteiger partial charge >= 0.3 is 12.1 Å². The molecule has 11 heteroatoms. The number of carbonyl (C=O) groups excluding carboxylic acids is 2. The first kappa shape index (κ1) is 47.6. The fourth-order valence-corrected chi connectivity index (χ4v) is 10.6. The van der Waals surface area contributed by atoms with Gasteiger partial charge in [-0.25, -0.2) is 4.79 Å². The minimum atomic E-state index is -2.05. The van der Waals surface area contributed by atoms with Crippen LogP contribution in [0.3, 0.4) is 0 Å². The predicted molar refractivity (Wildman–Crippen MR) is 226 cm³/mol. The molecule has 0 saturated carbocycles. The number of aliphatic hydroxyl groups excluding tert-OH is 1. The summed E-state index contributed by atoms with van der Waals surface area (Å²) in [5, 5.41) is 14.3.